The summed E-state index contributed by atoms with van der Waals surface area (Å²) in [5.74, 6) is -1.00. The van der Waals surface area contributed by atoms with Crippen molar-refractivity contribution in [3.63, 3.8) is 0 Å². The van der Waals surface area contributed by atoms with Crippen molar-refractivity contribution in [3.8, 4) is 0 Å². The van der Waals surface area contributed by atoms with Crippen LogP contribution in [0, 0.1) is 0 Å². The first-order valence-corrected chi connectivity index (χ1v) is 5.92. The van der Waals surface area contributed by atoms with E-state index in [-0.39, 0.29) is 11.6 Å². The van der Waals surface area contributed by atoms with Crippen LogP contribution in [0.3, 0.4) is 0 Å². The summed E-state index contributed by atoms with van der Waals surface area (Å²) >= 11 is 0. The molecule has 5 nitrogen and oxygen atoms in total. The van der Waals surface area contributed by atoms with Gasteiger partial charge < -0.3 is 14.4 Å². The molecule has 0 aliphatic carbocycles. The number of hydrogen-bond acceptors (Lipinski definition) is 4. The van der Waals surface area contributed by atoms with Crippen LogP contribution >= 0.6 is 0 Å². The van der Waals surface area contributed by atoms with E-state index in [1.807, 2.05) is 30.3 Å². The van der Waals surface area contributed by atoms with Crippen molar-refractivity contribution >= 4 is 18.0 Å². The van der Waals surface area contributed by atoms with Gasteiger partial charge in [-0.05, 0) is 11.6 Å². The second kappa shape index (κ2) is 7.78. The number of benzene rings is 1. The van der Waals surface area contributed by atoms with E-state index in [4.69, 9.17) is 4.74 Å². The minimum atomic E-state index is -0.643. The predicted octanol–water partition coefficient (Wildman–Crippen LogP) is 1.82. The summed E-state index contributed by atoms with van der Waals surface area (Å²) in [5, 5.41) is 0. The number of amides is 1. The van der Waals surface area contributed by atoms with Gasteiger partial charge in [0.05, 0.1) is 14.2 Å². The van der Waals surface area contributed by atoms with Crippen LogP contribution in [0.25, 0.3) is 6.08 Å². The molecule has 0 saturated heterocycles. The Hall–Kier alpha value is -2.56. The van der Waals surface area contributed by atoms with E-state index >= 15 is 0 Å². The zero-order valence-electron chi connectivity index (χ0n) is 11.7. The highest BCUT2D eigenvalue weighted by Gasteiger charge is 2.19. The lowest BCUT2D eigenvalue weighted by Crippen LogP contribution is -2.29. The van der Waals surface area contributed by atoms with Gasteiger partial charge >= 0.3 is 5.97 Å². The van der Waals surface area contributed by atoms with E-state index in [1.54, 1.807) is 6.08 Å². The zero-order valence-corrected chi connectivity index (χ0v) is 11.7. The standard InChI is InChI=1S/C15H17NO4/c1-16(13(11-19-2)15(18)20-3)14(17)10-9-12-7-5-4-6-8-12/h4-11H,1-3H3. The minimum absolute atomic E-state index is 0.0257. The molecule has 20 heavy (non-hydrogen) atoms. The van der Waals surface area contributed by atoms with Crippen LogP contribution in [0.5, 0.6) is 0 Å². The Morgan fingerprint density at radius 2 is 1.80 bits per heavy atom. The molecule has 0 N–H and O–H groups in total. The number of rotatable bonds is 5. The first kappa shape index (κ1) is 15.5. The highest BCUT2D eigenvalue weighted by atomic mass is 16.5. The Morgan fingerprint density at radius 3 is 2.35 bits per heavy atom. The SMILES string of the molecule is COC=C(C(=O)OC)N(C)C(=O)C=Cc1ccccc1. The number of nitrogens with zero attached hydrogens (tertiary/aromatic N) is 1. The molecular formula is C15H17NO4. The second-order valence-corrected chi connectivity index (χ2v) is 3.87. The summed E-state index contributed by atoms with van der Waals surface area (Å²) in [4.78, 5) is 24.7. The lowest BCUT2D eigenvalue weighted by Gasteiger charge is -2.16. The second-order valence-electron chi connectivity index (χ2n) is 3.87. The Morgan fingerprint density at radius 1 is 1.15 bits per heavy atom. The topological polar surface area (TPSA) is 55.8 Å². The molecule has 0 unspecified atom stereocenters. The Balaban J connectivity index is 2.82. The summed E-state index contributed by atoms with van der Waals surface area (Å²) < 4.78 is 9.37. The highest BCUT2D eigenvalue weighted by Crippen LogP contribution is 2.07. The molecule has 0 aliphatic rings. The number of esters is 1. The van der Waals surface area contributed by atoms with E-state index < -0.39 is 5.97 Å². The van der Waals surface area contributed by atoms with E-state index in [1.165, 1.54) is 33.6 Å². The van der Waals surface area contributed by atoms with Crippen molar-refractivity contribution in [2.45, 2.75) is 0 Å². The fourth-order valence-electron chi connectivity index (χ4n) is 1.44. The maximum absolute atomic E-state index is 12.0. The van der Waals surface area contributed by atoms with Crippen LogP contribution in [0.1, 0.15) is 5.56 Å². The molecule has 0 saturated carbocycles. The van der Waals surface area contributed by atoms with Gasteiger partial charge in [-0.2, -0.15) is 0 Å². The first-order chi connectivity index (χ1) is 9.60. The molecule has 1 aromatic rings. The van der Waals surface area contributed by atoms with Crippen LogP contribution in [0.15, 0.2) is 48.4 Å². The van der Waals surface area contributed by atoms with Crippen molar-refractivity contribution in [2.75, 3.05) is 21.3 Å². The van der Waals surface area contributed by atoms with Gasteiger partial charge in [0.1, 0.15) is 6.26 Å². The van der Waals surface area contributed by atoms with Crippen LogP contribution in [0.2, 0.25) is 0 Å². The van der Waals surface area contributed by atoms with Crippen LogP contribution in [-0.4, -0.2) is 38.0 Å². The smallest absolute Gasteiger partial charge is 0.357 e. The third-order valence-corrected chi connectivity index (χ3v) is 2.53. The number of hydrogen-bond donors (Lipinski definition) is 0. The molecule has 1 amide bonds. The summed E-state index contributed by atoms with van der Waals surface area (Å²) in [6.45, 7) is 0. The summed E-state index contributed by atoms with van der Waals surface area (Å²) in [5.41, 5.74) is 0.919. The Kier molecular flexibility index (Phi) is 6.03. The molecule has 0 aliphatic heterocycles. The predicted molar refractivity (Wildman–Crippen MR) is 75.4 cm³/mol. The van der Waals surface area contributed by atoms with Gasteiger partial charge in [-0.1, -0.05) is 30.3 Å². The van der Waals surface area contributed by atoms with E-state index in [2.05, 4.69) is 4.74 Å². The molecule has 0 radical (unpaired) electrons. The maximum atomic E-state index is 12.0. The monoisotopic (exact) mass is 275 g/mol. The number of carbonyl (C=O) groups excluding carboxylic acids is 2. The number of likely N-dealkylation sites (N-methyl/N-ethyl adjacent to an activating group) is 1. The third-order valence-electron chi connectivity index (χ3n) is 2.53. The molecule has 0 fully saturated rings. The van der Waals surface area contributed by atoms with Gasteiger partial charge in [0.15, 0.2) is 5.70 Å². The average Bonchev–Trinajstić information content (AvgIpc) is 2.49. The van der Waals surface area contributed by atoms with Gasteiger partial charge in [0.2, 0.25) is 0 Å². The highest BCUT2D eigenvalue weighted by molar-refractivity contribution is 5.99. The zero-order chi connectivity index (χ0) is 15.0. The quantitative estimate of drug-likeness (QED) is 0.467. The first-order valence-electron chi connectivity index (χ1n) is 5.92. The van der Waals surface area contributed by atoms with Crippen molar-refractivity contribution in [1.82, 2.24) is 4.90 Å². The van der Waals surface area contributed by atoms with Crippen LogP contribution < -0.4 is 0 Å². The number of ether oxygens (including phenoxy) is 2. The summed E-state index contributed by atoms with van der Waals surface area (Å²) in [6, 6.07) is 9.38. The van der Waals surface area contributed by atoms with Crippen molar-refractivity contribution in [3.05, 3.63) is 53.9 Å². The van der Waals surface area contributed by atoms with Gasteiger partial charge in [0.25, 0.3) is 5.91 Å². The fourth-order valence-corrected chi connectivity index (χ4v) is 1.44. The van der Waals surface area contributed by atoms with Crippen LogP contribution in [0.4, 0.5) is 0 Å². The molecule has 1 rings (SSSR count). The Labute approximate surface area is 118 Å². The third kappa shape index (κ3) is 4.28. The fraction of sp³-hybridized carbons (Fsp3) is 0.200. The van der Waals surface area contributed by atoms with Gasteiger partial charge in [-0.15, -0.1) is 0 Å². The van der Waals surface area contributed by atoms with Crippen molar-refractivity contribution in [2.24, 2.45) is 0 Å². The number of carbonyl (C=O) groups is 2. The normalized spacial score (nSPS) is 11.2. The van der Waals surface area contributed by atoms with Gasteiger partial charge in [-0.25, -0.2) is 4.79 Å². The Bertz CT molecular complexity index is 520. The molecule has 106 valence electrons. The van der Waals surface area contributed by atoms with Crippen molar-refractivity contribution < 1.29 is 19.1 Å². The van der Waals surface area contributed by atoms with E-state index in [9.17, 15) is 9.59 Å². The molecule has 0 atom stereocenters. The van der Waals surface area contributed by atoms with Gasteiger partial charge in [-0.3, -0.25) is 4.79 Å². The lowest BCUT2D eigenvalue weighted by molar-refractivity contribution is -0.140. The van der Waals surface area contributed by atoms with Crippen LogP contribution in [-0.2, 0) is 19.1 Å². The largest absolute Gasteiger partial charge is 0.502 e. The molecule has 1 aromatic carbocycles. The molecule has 0 spiro atoms. The molecule has 0 aromatic heterocycles. The van der Waals surface area contributed by atoms with Gasteiger partial charge in [0, 0.05) is 13.1 Å². The molecular weight excluding hydrogens is 258 g/mol. The van der Waals surface area contributed by atoms with E-state index in [0.29, 0.717) is 0 Å². The minimum Gasteiger partial charge on any atom is -0.502 e. The van der Waals surface area contributed by atoms with Crippen molar-refractivity contribution in [1.29, 1.82) is 0 Å². The molecule has 0 heterocycles. The van der Waals surface area contributed by atoms with E-state index in [0.717, 1.165) is 10.5 Å². The molecule has 0 bridgehead atoms. The lowest BCUT2D eigenvalue weighted by atomic mass is 10.2. The molecule has 5 heteroatoms. The maximum Gasteiger partial charge on any atom is 0.357 e. The summed E-state index contributed by atoms with van der Waals surface area (Å²) in [6.07, 6.45) is 4.21. The number of methoxy groups -OCH3 is 2. The summed E-state index contributed by atoms with van der Waals surface area (Å²) in [7, 11) is 4.10. The average molecular weight is 275 g/mol.